The van der Waals surface area contributed by atoms with Gasteiger partial charge in [0.1, 0.15) is 0 Å². The minimum atomic E-state index is -4.12. The van der Waals surface area contributed by atoms with E-state index in [1.165, 1.54) is 9.69 Å². The van der Waals surface area contributed by atoms with E-state index in [-0.39, 0.29) is 54.7 Å². The predicted molar refractivity (Wildman–Crippen MR) is 141 cm³/mol. The molecule has 1 atom stereocenters. The number of hydrogen-bond acceptors (Lipinski definition) is 11. The van der Waals surface area contributed by atoms with Gasteiger partial charge in [0.25, 0.3) is 10.0 Å². The second-order valence-corrected chi connectivity index (χ2v) is 14.2. The molecule has 1 saturated heterocycles. The number of benzene rings is 1. The highest BCUT2D eigenvalue weighted by Gasteiger charge is 2.35. The average molecular weight is 586 g/mol. The van der Waals surface area contributed by atoms with Crippen LogP contribution in [0.4, 0.5) is 5.69 Å². The summed E-state index contributed by atoms with van der Waals surface area (Å²) in [6.07, 6.45) is 0. The highest BCUT2D eigenvalue weighted by molar-refractivity contribution is 7.91. The van der Waals surface area contributed by atoms with E-state index >= 15 is 0 Å². The van der Waals surface area contributed by atoms with Crippen molar-refractivity contribution in [3.63, 3.8) is 0 Å². The number of aromatic hydroxyl groups is 1. The number of anilines is 1. The molecule has 0 aliphatic carbocycles. The van der Waals surface area contributed by atoms with Crippen LogP contribution >= 0.6 is 11.3 Å². The Labute approximate surface area is 224 Å². The minimum absolute atomic E-state index is 0.0115. The van der Waals surface area contributed by atoms with Crippen molar-refractivity contribution in [1.82, 2.24) is 9.03 Å². The number of aliphatic imine (C=N–C) groups is 1. The smallest absolute Gasteiger partial charge is 0.345 e. The molecule has 4 heterocycles. The lowest BCUT2D eigenvalue weighted by atomic mass is 9.82. The van der Waals surface area contributed by atoms with E-state index in [9.17, 15) is 21.9 Å². The van der Waals surface area contributed by atoms with E-state index in [0.717, 1.165) is 16.9 Å². The van der Waals surface area contributed by atoms with Gasteiger partial charge in [-0.05, 0) is 23.1 Å². The van der Waals surface area contributed by atoms with Gasteiger partial charge in [0, 0.05) is 18.5 Å². The Hall–Kier alpha value is -2.92. The van der Waals surface area contributed by atoms with Crippen molar-refractivity contribution in [1.29, 1.82) is 0 Å². The first kappa shape index (κ1) is 26.7. The summed E-state index contributed by atoms with van der Waals surface area (Å²) in [4.78, 5) is 4.69. The van der Waals surface area contributed by atoms with Crippen LogP contribution in [0.25, 0.3) is 0 Å². The molecule has 0 bridgehead atoms. The summed E-state index contributed by atoms with van der Waals surface area (Å²) < 4.78 is 73.9. The molecule has 38 heavy (non-hydrogen) atoms. The summed E-state index contributed by atoms with van der Waals surface area (Å²) in [6, 6.07) is 4.86. The number of nitrogens with zero attached hydrogens (tertiary/aromatic N) is 3. The first-order valence-corrected chi connectivity index (χ1v) is 15.4. The maximum absolute atomic E-state index is 13.0. The molecule has 0 saturated carbocycles. The van der Waals surface area contributed by atoms with Crippen molar-refractivity contribution < 1.29 is 36.2 Å². The zero-order valence-corrected chi connectivity index (χ0v) is 23.2. The maximum Gasteiger partial charge on any atom is 0.345 e. The number of nitrogens with one attached hydrogen (secondary N) is 2. The zero-order valence-electron chi connectivity index (χ0n) is 20.8. The van der Waals surface area contributed by atoms with Crippen molar-refractivity contribution >= 4 is 48.9 Å². The van der Waals surface area contributed by atoms with E-state index in [1.807, 2.05) is 26.8 Å². The Morgan fingerprint density at radius 1 is 1.21 bits per heavy atom. The second-order valence-electron chi connectivity index (χ2n) is 9.80. The molecule has 3 aliphatic rings. The third-order valence-electron chi connectivity index (χ3n) is 5.98. The van der Waals surface area contributed by atoms with Gasteiger partial charge in [-0.3, -0.25) is 4.99 Å². The molecular weight excluding hydrogens is 558 g/mol. The Kier molecular flexibility index (Phi) is 6.79. The first-order valence-electron chi connectivity index (χ1n) is 11.6. The molecule has 0 spiro atoms. The van der Waals surface area contributed by atoms with Gasteiger partial charge in [-0.15, -0.1) is 15.7 Å². The molecule has 0 amide bonds. The number of rotatable bonds is 5. The standard InChI is InChI=1S/C22H27N5O8S3/c1-22(2,3)18(13-4-5-15-16(10-13)35-12-34-15)24-20-19(25-38(31,32)26-20)23-14-11-36-21(17(14)28)37(29,30)27-6-8-33-9-7-27/h4-5,10-11,18,28H,6-9,12H2,1-3H3,(H,23,25)(H,24,26)/t18-/m0/s1. The van der Waals surface area contributed by atoms with Crippen molar-refractivity contribution in [2.75, 3.05) is 38.4 Å². The Bertz CT molecular complexity index is 1520. The Balaban J connectivity index is 1.47. The van der Waals surface area contributed by atoms with Gasteiger partial charge in [0.05, 0.1) is 24.9 Å². The summed E-state index contributed by atoms with van der Waals surface area (Å²) in [6.45, 7) is 6.82. The van der Waals surface area contributed by atoms with Crippen LogP contribution in [0.5, 0.6) is 17.2 Å². The number of hydrogen-bond donors (Lipinski definition) is 3. The molecule has 206 valence electrons. The molecule has 0 radical (unpaired) electrons. The fourth-order valence-corrected chi connectivity index (χ4v) is 7.74. The van der Waals surface area contributed by atoms with E-state index in [4.69, 9.17) is 19.2 Å². The van der Waals surface area contributed by atoms with Gasteiger partial charge in [0.2, 0.25) is 6.79 Å². The molecular formula is C22H27N5O8S3. The quantitative estimate of drug-likeness (QED) is 0.476. The van der Waals surface area contributed by atoms with Crippen molar-refractivity contribution in [3.05, 3.63) is 29.1 Å². The van der Waals surface area contributed by atoms with E-state index in [2.05, 4.69) is 14.4 Å². The topological polar surface area (TPSA) is 168 Å². The van der Waals surface area contributed by atoms with Crippen LogP contribution in [-0.2, 0) is 25.0 Å². The lowest BCUT2D eigenvalue weighted by molar-refractivity contribution is 0.0730. The Morgan fingerprint density at radius 3 is 2.63 bits per heavy atom. The summed E-state index contributed by atoms with van der Waals surface area (Å²) >= 11 is 0.814. The van der Waals surface area contributed by atoms with Crippen LogP contribution in [0.15, 0.2) is 37.2 Å². The SMILES string of the molecule is CC(C)(C)[C@@H](N=C1NS(=O)(=O)N=C1Nc1csc(S(=O)(=O)N2CCOCC2)c1O)c1ccc2c(c1)OCO2. The van der Waals surface area contributed by atoms with Gasteiger partial charge in [-0.2, -0.15) is 12.7 Å². The number of thiophene rings is 1. The highest BCUT2D eigenvalue weighted by Crippen LogP contribution is 2.42. The lowest BCUT2D eigenvalue weighted by Gasteiger charge is -2.28. The molecule has 3 N–H and O–H groups in total. The minimum Gasteiger partial charge on any atom is -0.504 e. The zero-order chi connectivity index (χ0) is 27.3. The van der Waals surface area contributed by atoms with Gasteiger partial charge < -0.3 is 24.6 Å². The Morgan fingerprint density at radius 2 is 1.92 bits per heavy atom. The number of fused-ring (bicyclic) bond motifs is 1. The van der Waals surface area contributed by atoms with E-state index < -0.39 is 37.4 Å². The van der Waals surface area contributed by atoms with E-state index in [1.54, 1.807) is 12.1 Å². The fourth-order valence-electron chi connectivity index (χ4n) is 4.14. The first-order chi connectivity index (χ1) is 17.8. The van der Waals surface area contributed by atoms with Gasteiger partial charge in [0.15, 0.2) is 33.1 Å². The van der Waals surface area contributed by atoms with Crippen LogP contribution in [0.3, 0.4) is 0 Å². The second kappa shape index (κ2) is 9.68. The van der Waals surface area contributed by atoms with Crippen LogP contribution in [0.1, 0.15) is 32.4 Å². The van der Waals surface area contributed by atoms with Crippen LogP contribution in [0, 0.1) is 5.41 Å². The molecule has 2 aromatic rings. The molecule has 3 aliphatic heterocycles. The summed E-state index contributed by atoms with van der Waals surface area (Å²) in [5.41, 5.74) is 0.295. The lowest BCUT2D eigenvalue weighted by Crippen LogP contribution is -2.40. The normalized spacial score (nSPS) is 21.2. The van der Waals surface area contributed by atoms with Crippen molar-refractivity contribution in [2.24, 2.45) is 14.8 Å². The molecule has 16 heteroatoms. The van der Waals surface area contributed by atoms with E-state index in [0.29, 0.717) is 11.5 Å². The van der Waals surface area contributed by atoms with Gasteiger partial charge >= 0.3 is 10.2 Å². The maximum atomic E-state index is 13.0. The molecule has 0 unspecified atom stereocenters. The molecule has 1 fully saturated rings. The van der Waals surface area contributed by atoms with Gasteiger partial charge in [-0.1, -0.05) is 26.8 Å². The number of sulfonamides is 1. The van der Waals surface area contributed by atoms with Gasteiger partial charge in [-0.25, -0.2) is 13.1 Å². The molecule has 1 aromatic carbocycles. The third-order valence-corrected chi connectivity index (χ3v) is 10.2. The van der Waals surface area contributed by atoms with Crippen LogP contribution in [0.2, 0.25) is 0 Å². The number of amidine groups is 2. The van der Waals surface area contributed by atoms with Crippen molar-refractivity contribution in [3.8, 4) is 17.2 Å². The molecule has 13 nitrogen and oxygen atoms in total. The fraction of sp³-hybridized carbons (Fsp3) is 0.455. The third kappa shape index (κ3) is 5.18. The van der Waals surface area contributed by atoms with Crippen LogP contribution < -0.4 is 19.5 Å². The predicted octanol–water partition coefficient (Wildman–Crippen LogP) is 2.05. The summed E-state index contributed by atoms with van der Waals surface area (Å²) in [5.74, 6) is 0.383. The van der Waals surface area contributed by atoms with Crippen LogP contribution in [-0.4, -0.2) is 71.0 Å². The summed E-state index contributed by atoms with van der Waals surface area (Å²) in [5, 5.41) is 14.9. The number of ether oxygens (including phenoxy) is 3. The monoisotopic (exact) mass is 585 g/mol. The molecule has 5 rings (SSSR count). The molecule has 1 aromatic heterocycles. The average Bonchev–Trinajstić information content (AvgIpc) is 3.54. The largest absolute Gasteiger partial charge is 0.504 e. The summed E-state index contributed by atoms with van der Waals surface area (Å²) in [7, 11) is -8.08. The van der Waals surface area contributed by atoms with Crippen molar-refractivity contribution in [2.45, 2.75) is 31.0 Å². The highest BCUT2D eigenvalue weighted by atomic mass is 32.2. The number of morpholine rings is 1.